The molecule has 1 saturated heterocycles. The monoisotopic (exact) mass is 348 g/mol. The Bertz CT molecular complexity index is 624. The maximum Gasteiger partial charge on any atom is 0.336 e. The number of esters is 1. The van der Waals surface area contributed by atoms with Crippen molar-refractivity contribution in [1.29, 1.82) is 0 Å². The molecule has 3 rings (SSSR count). The van der Waals surface area contributed by atoms with E-state index in [0.717, 1.165) is 31.1 Å². The number of aliphatic hydroxyl groups excluding tert-OH is 2. The van der Waals surface area contributed by atoms with E-state index in [1.807, 2.05) is 6.92 Å². The number of aliphatic hydroxyl groups is 2. The average molecular weight is 348 g/mol. The average Bonchev–Trinajstić information content (AvgIpc) is 2.89. The summed E-state index contributed by atoms with van der Waals surface area (Å²) in [5.41, 5.74) is 0.549. The van der Waals surface area contributed by atoms with Crippen molar-refractivity contribution in [2.45, 2.75) is 58.2 Å². The van der Waals surface area contributed by atoms with Gasteiger partial charge in [0.25, 0.3) is 0 Å². The molecule has 138 valence electrons. The van der Waals surface area contributed by atoms with Gasteiger partial charge < -0.3 is 19.7 Å². The third kappa shape index (κ3) is 2.77. The molecule has 5 heteroatoms. The van der Waals surface area contributed by atoms with Crippen molar-refractivity contribution in [3.05, 3.63) is 23.8 Å². The van der Waals surface area contributed by atoms with Gasteiger partial charge in [0.15, 0.2) is 0 Å². The first kappa shape index (κ1) is 18.3. The van der Waals surface area contributed by atoms with Gasteiger partial charge in [-0.05, 0) is 49.4 Å². The van der Waals surface area contributed by atoms with Gasteiger partial charge in [0.2, 0.25) is 0 Å². The summed E-state index contributed by atoms with van der Waals surface area (Å²) in [5.74, 6) is -0.255. The molecule has 0 bridgehead atoms. The number of carbonyl (C=O) groups is 2. The quantitative estimate of drug-likeness (QED) is 0.353. The van der Waals surface area contributed by atoms with E-state index >= 15 is 0 Å². The first-order valence-corrected chi connectivity index (χ1v) is 9.11. The van der Waals surface area contributed by atoms with Crippen LogP contribution in [0.4, 0.5) is 0 Å². The molecule has 3 fully saturated rings. The second-order valence-electron chi connectivity index (χ2n) is 8.36. The zero-order valence-electron chi connectivity index (χ0n) is 15.0. The lowest BCUT2D eigenvalue weighted by Gasteiger charge is -2.58. The normalized spacial score (nSPS) is 46.0. The number of aldehydes is 1. The van der Waals surface area contributed by atoms with Crippen LogP contribution in [0.5, 0.6) is 0 Å². The molecule has 25 heavy (non-hydrogen) atoms. The van der Waals surface area contributed by atoms with Gasteiger partial charge in [-0.1, -0.05) is 32.1 Å². The fourth-order valence-corrected chi connectivity index (χ4v) is 5.43. The molecule has 2 saturated carbocycles. The summed E-state index contributed by atoms with van der Waals surface area (Å²) in [7, 11) is 0. The standard InChI is InChI=1S/C20H28O5/c1-12-4-7-16-19(2,9-8-17(23)20(16,3)11-21)14(12)6-5-13-15(22)10-25-18(13)24/h5,11,14-17,22-23H,1,4,6-10H2,2-3H3/t14-,15-,16?,17-,19+,20+/m1/s1. The van der Waals surface area contributed by atoms with Gasteiger partial charge in [-0.15, -0.1) is 0 Å². The van der Waals surface area contributed by atoms with Crippen LogP contribution < -0.4 is 0 Å². The van der Waals surface area contributed by atoms with E-state index in [9.17, 15) is 19.8 Å². The summed E-state index contributed by atoms with van der Waals surface area (Å²) >= 11 is 0. The second-order valence-corrected chi connectivity index (χ2v) is 8.36. The summed E-state index contributed by atoms with van der Waals surface area (Å²) in [6, 6.07) is 0. The molecule has 1 aliphatic heterocycles. The first-order chi connectivity index (χ1) is 11.7. The van der Waals surface area contributed by atoms with Crippen LogP contribution in [0.15, 0.2) is 23.8 Å². The van der Waals surface area contributed by atoms with E-state index in [0.29, 0.717) is 18.4 Å². The molecule has 5 nitrogen and oxygen atoms in total. The number of allylic oxidation sites excluding steroid dienone is 2. The SMILES string of the molecule is C=C1CCC2[C@](C)(C=O)[C@H](O)CC[C@@]2(C)[C@@H]1CC=C1C(=O)OC[C@H]1O. The number of cyclic esters (lactones) is 1. The van der Waals surface area contributed by atoms with E-state index in [1.165, 1.54) is 0 Å². The van der Waals surface area contributed by atoms with Gasteiger partial charge in [0.05, 0.1) is 17.1 Å². The van der Waals surface area contributed by atoms with Crippen LogP contribution in [0.1, 0.15) is 46.0 Å². The summed E-state index contributed by atoms with van der Waals surface area (Å²) in [4.78, 5) is 23.6. The highest BCUT2D eigenvalue weighted by Gasteiger charge is 2.57. The fourth-order valence-electron chi connectivity index (χ4n) is 5.43. The van der Waals surface area contributed by atoms with Crippen molar-refractivity contribution < 1.29 is 24.5 Å². The molecule has 0 spiro atoms. The Kier molecular flexibility index (Phi) is 4.67. The van der Waals surface area contributed by atoms with Crippen molar-refractivity contribution in [2.24, 2.45) is 22.7 Å². The van der Waals surface area contributed by atoms with Crippen LogP contribution in [0, 0.1) is 22.7 Å². The predicted octanol–water partition coefficient (Wildman–Crippen LogP) is 2.17. The molecule has 2 N–H and O–H groups in total. The van der Waals surface area contributed by atoms with Crippen molar-refractivity contribution in [3.8, 4) is 0 Å². The minimum Gasteiger partial charge on any atom is -0.459 e. The van der Waals surface area contributed by atoms with E-state index in [4.69, 9.17) is 4.74 Å². The molecule has 1 heterocycles. The molecule has 6 atom stereocenters. The molecule has 3 aliphatic rings. The number of rotatable bonds is 3. The van der Waals surface area contributed by atoms with Gasteiger partial charge in [-0.25, -0.2) is 4.79 Å². The zero-order valence-corrected chi connectivity index (χ0v) is 15.0. The summed E-state index contributed by atoms with van der Waals surface area (Å²) in [5, 5.41) is 20.3. The molecule has 1 unspecified atom stereocenters. The van der Waals surface area contributed by atoms with Gasteiger partial charge in [0, 0.05) is 0 Å². The Morgan fingerprint density at radius 2 is 2.04 bits per heavy atom. The third-order valence-corrected chi connectivity index (χ3v) is 7.06. The highest BCUT2D eigenvalue weighted by atomic mass is 16.6. The lowest BCUT2D eigenvalue weighted by atomic mass is 9.46. The molecule has 0 amide bonds. The number of fused-ring (bicyclic) bond motifs is 1. The molecule has 2 aliphatic carbocycles. The van der Waals surface area contributed by atoms with E-state index in [2.05, 4.69) is 13.5 Å². The van der Waals surface area contributed by atoms with Crippen molar-refractivity contribution in [3.63, 3.8) is 0 Å². The van der Waals surface area contributed by atoms with Gasteiger partial charge in [0.1, 0.15) is 19.0 Å². The predicted molar refractivity (Wildman–Crippen MR) is 92.5 cm³/mol. The van der Waals surface area contributed by atoms with Gasteiger partial charge in [-0.2, -0.15) is 0 Å². The Morgan fingerprint density at radius 3 is 2.64 bits per heavy atom. The first-order valence-electron chi connectivity index (χ1n) is 9.11. The minimum absolute atomic E-state index is 0.0194. The molecule has 0 aromatic heterocycles. The molecule has 0 aromatic rings. The summed E-state index contributed by atoms with van der Waals surface area (Å²) < 4.78 is 4.88. The maximum atomic E-state index is 11.8. The topological polar surface area (TPSA) is 83.8 Å². The van der Waals surface area contributed by atoms with Crippen LogP contribution in [0.3, 0.4) is 0 Å². The number of hydrogen-bond donors (Lipinski definition) is 2. The largest absolute Gasteiger partial charge is 0.459 e. The fraction of sp³-hybridized carbons (Fsp3) is 0.700. The van der Waals surface area contributed by atoms with Crippen molar-refractivity contribution in [1.82, 2.24) is 0 Å². The van der Waals surface area contributed by atoms with Gasteiger partial charge >= 0.3 is 5.97 Å². The highest BCUT2D eigenvalue weighted by molar-refractivity contribution is 5.91. The Balaban J connectivity index is 1.90. The number of hydrogen-bond acceptors (Lipinski definition) is 5. The molecular weight excluding hydrogens is 320 g/mol. The summed E-state index contributed by atoms with van der Waals surface area (Å²) in [6.07, 6.45) is 4.92. The van der Waals surface area contributed by atoms with E-state index in [1.54, 1.807) is 6.08 Å². The van der Waals surface area contributed by atoms with E-state index in [-0.39, 0.29) is 23.9 Å². The van der Waals surface area contributed by atoms with Crippen LogP contribution >= 0.6 is 0 Å². The Hall–Kier alpha value is -1.46. The molecular formula is C20H28O5. The van der Waals surface area contributed by atoms with Crippen LogP contribution in [0.2, 0.25) is 0 Å². The van der Waals surface area contributed by atoms with Gasteiger partial charge in [-0.3, -0.25) is 0 Å². The van der Waals surface area contributed by atoms with Crippen molar-refractivity contribution >= 4 is 12.3 Å². The lowest BCUT2D eigenvalue weighted by molar-refractivity contribution is -0.151. The Labute approximate surface area is 148 Å². The molecule has 0 aromatic carbocycles. The lowest BCUT2D eigenvalue weighted by Crippen LogP contribution is -2.56. The third-order valence-electron chi connectivity index (χ3n) is 7.06. The summed E-state index contributed by atoms with van der Waals surface area (Å²) in [6.45, 7) is 8.32. The Morgan fingerprint density at radius 1 is 1.32 bits per heavy atom. The zero-order chi connectivity index (χ0) is 18.4. The van der Waals surface area contributed by atoms with Crippen LogP contribution in [-0.2, 0) is 14.3 Å². The molecule has 0 radical (unpaired) electrons. The van der Waals surface area contributed by atoms with Crippen LogP contribution in [0.25, 0.3) is 0 Å². The number of ether oxygens (including phenoxy) is 1. The highest BCUT2D eigenvalue weighted by Crippen LogP contribution is 2.61. The van der Waals surface area contributed by atoms with Crippen LogP contribution in [-0.4, -0.2) is 41.3 Å². The van der Waals surface area contributed by atoms with Crippen molar-refractivity contribution in [2.75, 3.05) is 6.61 Å². The second kappa shape index (κ2) is 6.36. The van der Waals surface area contributed by atoms with E-state index < -0.39 is 23.6 Å². The number of carbonyl (C=O) groups excluding carboxylic acids is 2. The minimum atomic E-state index is -0.860. The smallest absolute Gasteiger partial charge is 0.336 e. The maximum absolute atomic E-state index is 11.8.